The Labute approximate surface area is 237 Å². The van der Waals surface area contributed by atoms with Gasteiger partial charge in [-0.3, -0.25) is 24.2 Å². The molecule has 4 aliphatic rings. The lowest BCUT2D eigenvalue weighted by Crippen LogP contribution is -2.65. The van der Waals surface area contributed by atoms with E-state index in [1.54, 1.807) is 0 Å². The first-order valence-corrected chi connectivity index (χ1v) is 14.1. The van der Waals surface area contributed by atoms with Crippen molar-refractivity contribution in [3.63, 3.8) is 0 Å². The minimum Gasteiger partial charge on any atom is -0.508 e. The van der Waals surface area contributed by atoms with Crippen LogP contribution in [0.5, 0.6) is 5.75 Å². The zero-order chi connectivity index (χ0) is 30.1. The molecule has 222 valence electrons. The molecule has 0 bridgehead atoms. The van der Waals surface area contributed by atoms with Gasteiger partial charge in [0, 0.05) is 29.2 Å². The summed E-state index contributed by atoms with van der Waals surface area (Å²) < 4.78 is 16.0. The number of amides is 1. The molecule has 41 heavy (non-hydrogen) atoms. The summed E-state index contributed by atoms with van der Waals surface area (Å²) in [5.41, 5.74) is 1.55. The maximum atomic E-state index is 16.0. The number of primary amides is 1. The van der Waals surface area contributed by atoms with Gasteiger partial charge in [0.1, 0.15) is 28.7 Å². The normalized spacial score (nSPS) is 29.2. The first-order valence-electron chi connectivity index (χ1n) is 14.1. The van der Waals surface area contributed by atoms with Crippen molar-refractivity contribution < 1.29 is 39.2 Å². The molecule has 0 spiro atoms. The van der Waals surface area contributed by atoms with E-state index in [9.17, 15) is 34.8 Å². The fourth-order valence-corrected chi connectivity index (χ4v) is 7.48. The van der Waals surface area contributed by atoms with Gasteiger partial charge in [0.05, 0.1) is 11.6 Å². The number of phenolic OH excluding ortho intramolecular Hbond substituents is 1. The van der Waals surface area contributed by atoms with E-state index < -0.39 is 69.6 Å². The van der Waals surface area contributed by atoms with Crippen LogP contribution in [0.4, 0.5) is 4.39 Å². The molecule has 0 radical (unpaired) electrons. The van der Waals surface area contributed by atoms with Crippen LogP contribution in [0.3, 0.4) is 0 Å². The maximum absolute atomic E-state index is 16.0. The van der Waals surface area contributed by atoms with Crippen molar-refractivity contribution in [2.24, 2.45) is 29.4 Å². The number of benzene rings is 1. The topological polar surface area (TPSA) is 165 Å². The summed E-state index contributed by atoms with van der Waals surface area (Å²) in [6.45, 7) is 6.29. The van der Waals surface area contributed by atoms with Crippen molar-refractivity contribution in [1.29, 1.82) is 0 Å². The Balaban J connectivity index is 1.56. The fraction of sp³-hybridized carbons (Fsp3) is 0.567. The molecule has 1 aliphatic heterocycles. The van der Waals surface area contributed by atoms with Crippen LogP contribution in [0, 0.1) is 29.5 Å². The number of likely N-dealkylation sites (tertiary alicyclic amines) is 1. The molecule has 1 saturated heterocycles. The quantitative estimate of drug-likeness (QED) is 0.332. The average Bonchev–Trinajstić information content (AvgIpc) is 2.89. The zero-order valence-electron chi connectivity index (χ0n) is 23.8. The smallest absolute Gasteiger partial charge is 0.255 e. The molecule has 11 heteroatoms. The number of aliphatic hydroxyl groups is 3. The van der Waals surface area contributed by atoms with Gasteiger partial charge in [-0.05, 0) is 76.7 Å². The number of piperidine rings is 1. The van der Waals surface area contributed by atoms with Crippen LogP contribution in [-0.2, 0) is 27.3 Å². The third-order valence-electron chi connectivity index (χ3n) is 9.70. The predicted molar refractivity (Wildman–Crippen MR) is 147 cm³/mol. The number of nitrogens with zero attached hydrogens (tertiary/aromatic N) is 2. The van der Waals surface area contributed by atoms with Gasteiger partial charge in [0.15, 0.2) is 11.4 Å². The lowest BCUT2D eigenvalue weighted by molar-refractivity contribution is -0.153. The second kappa shape index (κ2) is 10.2. The molecule has 4 atom stereocenters. The summed E-state index contributed by atoms with van der Waals surface area (Å²) in [7, 11) is 3.06. The Bertz CT molecular complexity index is 1390. The molecule has 5 rings (SSSR count). The lowest BCUT2D eigenvalue weighted by atomic mass is 9.57. The van der Waals surface area contributed by atoms with Gasteiger partial charge in [-0.2, -0.15) is 0 Å². The van der Waals surface area contributed by atoms with Crippen molar-refractivity contribution >= 4 is 23.2 Å². The molecule has 1 saturated carbocycles. The van der Waals surface area contributed by atoms with E-state index in [2.05, 4.69) is 18.7 Å². The molecule has 1 amide bonds. The molecule has 1 aromatic carbocycles. The van der Waals surface area contributed by atoms with Crippen LogP contribution < -0.4 is 5.73 Å². The molecule has 0 aromatic heterocycles. The summed E-state index contributed by atoms with van der Waals surface area (Å²) in [6.07, 6.45) is 1.85. The highest BCUT2D eigenvalue weighted by Gasteiger charge is 2.64. The Morgan fingerprint density at radius 2 is 1.83 bits per heavy atom. The Morgan fingerprint density at radius 1 is 1.20 bits per heavy atom. The summed E-state index contributed by atoms with van der Waals surface area (Å²) in [5, 5.41) is 44.8. The number of nitrogens with two attached hydrogens (primary N) is 1. The van der Waals surface area contributed by atoms with Crippen LogP contribution >= 0.6 is 0 Å². The lowest BCUT2D eigenvalue weighted by Gasteiger charge is -2.50. The number of aliphatic hydroxyl groups excluding tert-OH is 2. The van der Waals surface area contributed by atoms with E-state index in [1.807, 2.05) is 0 Å². The van der Waals surface area contributed by atoms with Gasteiger partial charge in [-0.25, -0.2) is 4.39 Å². The number of halogens is 1. The summed E-state index contributed by atoms with van der Waals surface area (Å²) >= 11 is 0. The van der Waals surface area contributed by atoms with E-state index in [0.717, 1.165) is 25.9 Å². The molecule has 3 aliphatic carbocycles. The fourth-order valence-electron chi connectivity index (χ4n) is 7.48. The van der Waals surface area contributed by atoms with Gasteiger partial charge in [0.25, 0.3) is 5.91 Å². The molecular formula is C30H38FN3O7. The van der Waals surface area contributed by atoms with Crippen LogP contribution in [0.2, 0.25) is 0 Å². The Kier molecular flexibility index (Phi) is 7.28. The highest BCUT2D eigenvalue weighted by atomic mass is 19.1. The number of fused-ring (bicyclic) bond motifs is 3. The van der Waals surface area contributed by atoms with Crippen molar-refractivity contribution in [2.75, 3.05) is 27.2 Å². The highest BCUT2D eigenvalue weighted by molar-refractivity contribution is 6.24. The number of hydrogen-bond donors (Lipinski definition) is 5. The van der Waals surface area contributed by atoms with E-state index in [4.69, 9.17) is 5.73 Å². The number of Topliss-reactive ketones (excluding diaryl/α,β-unsaturated/α-hetero) is 2. The van der Waals surface area contributed by atoms with Crippen molar-refractivity contribution in [2.45, 2.75) is 57.7 Å². The Morgan fingerprint density at radius 3 is 2.39 bits per heavy atom. The largest absolute Gasteiger partial charge is 0.508 e. The summed E-state index contributed by atoms with van der Waals surface area (Å²) in [5.74, 6) is -6.90. The Hall–Kier alpha value is -3.28. The number of carbonyl (C=O) groups excluding carboxylic acids is 3. The van der Waals surface area contributed by atoms with Crippen molar-refractivity contribution in [3.05, 3.63) is 45.5 Å². The molecule has 2 fully saturated rings. The molecule has 10 nitrogen and oxygen atoms in total. The van der Waals surface area contributed by atoms with Crippen LogP contribution in [0.1, 0.15) is 49.8 Å². The predicted octanol–water partition coefficient (Wildman–Crippen LogP) is 1.97. The van der Waals surface area contributed by atoms with Gasteiger partial charge in [-0.15, -0.1) is 0 Å². The molecule has 1 heterocycles. The minimum atomic E-state index is -2.72. The number of rotatable bonds is 5. The zero-order valence-corrected chi connectivity index (χ0v) is 23.8. The number of aromatic hydroxyl groups is 1. The molecule has 6 N–H and O–H groups in total. The second-order valence-electron chi connectivity index (χ2n) is 12.5. The summed E-state index contributed by atoms with van der Waals surface area (Å²) in [6, 6.07) is 0.0694. The number of hydrogen-bond acceptors (Lipinski definition) is 9. The van der Waals surface area contributed by atoms with E-state index in [0.29, 0.717) is 11.8 Å². The SMILES string of the molecule is CC(C)C1CCN(Cc2cc(O)c3c(c2F)C[C@H]2C[C@H]4[C@H](N(C)C)C(=O)C(C(N)=O)=C(O)[C@@]4(O)C(=O)C2=C3O)CC1. The van der Waals surface area contributed by atoms with E-state index >= 15 is 4.39 Å². The first-order chi connectivity index (χ1) is 19.2. The molecular weight excluding hydrogens is 533 g/mol. The number of ketones is 2. The second-order valence-corrected chi connectivity index (χ2v) is 12.5. The third-order valence-corrected chi connectivity index (χ3v) is 9.70. The summed E-state index contributed by atoms with van der Waals surface area (Å²) in [4.78, 5) is 42.7. The number of carbonyl (C=O) groups is 3. The van der Waals surface area contributed by atoms with Gasteiger partial charge < -0.3 is 26.2 Å². The van der Waals surface area contributed by atoms with Crippen LogP contribution in [0.15, 0.2) is 23.0 Å². The third kappa shape index (κ3) is 4.36. The monoisotopic (exact) mass is 571 g/mol. The van der Waals surface area contributed by atoms with E-state index in [-0.39, 0.29) is 41.6 Å². The maximum Gasteiger partial charge on any atom is 0.255 e. The first kappa shape index (κ1) is 29.2. The van der Waals surface area contributed by atoms with Gasteiger partial charge in [0.2, 0.25) is 5.78 Å². The van der Waals surface area contributed by atoms with Crippen molar-refractivity contribution in [1.82, 2.24) is 9.80 Å². The van der Waals surface area contributed by atoms with Crippen LogP contribution in [-0.4, -0.2) is 86.5 Å². The number of likely N-dealkylation sites (N-methyl/N-ethyl adjacent to an activating group) is 1. The number of phenols is 1. The average molecular weight is 572 g/mol. The minimum absolute atomic E-state index is 0.0580. The van der Waals surface area contributed by atoms with E-state index in [1.165, 1.54) is 25.1 Å². The molecule has 1 aromatic rings. The van der Waals surface area contributed by atoms with Gasteiger partial charge >= 0.3 is 0 Å². The standard InChI is InChI=1S/C30H38FN3O7/c1-13(2)14-5-7-34(8-6-14)12-16-11-19(35)21-17(23(16)31)9-15-10-18-24(33(3)4)26(37)22(29(32)40)28(39)30(18,41)27(38)20(15)25(21)36/h11,13-15,18,24,35-36,39,41H,5-10,12H2,1-4H3,(H2,32,40)/t15-,18-,24-,30-/m0/s1. The highest BCUT2D eigenvalue weighted by Crippen LogP contribution is 2.53. The van der Waals surface area contributed by atoms with Crippen LogP contribution in [0.25, 0.3) is 5.76 Å². The van der Waals surface area contributed by atoms with Crippen molar-refractivity contribution in [3.8, 4) is 5.75 Å². The molecule has 0 unspecified atom stereocenters. The van der Waals surface area contributed by atoms with Gasteiger partial charge in [-0.1, -0.05) is 13.8 Å².